The Bertz CT molecular complexity index is 818. The van der Waals surface area contributed by atoms with Gasteiger partial charge in [-0.25, -0.2) is 0 Å². The molecular weight excluding hydrogens is 338 g/mol. The van der Waals surface area contributed by atoms with E-state index in [1.165, 1.54) is 24.3 Å². The molecular formula is C18H19N3O5. The van der Waals surface area contributed by atoms with Crippen molar-refractivity contribution in [3.8, 4) is 5.75 Å². The monoisotopic (exact) mass is 357 g/mol. The number of nitro benzene ring substituents is 1. The molecule has 0 saturated heterocycles. The number of hydrazine groups is 1. The third-order valence-electron chi connectivity index (χ3n) is 3.56. The molecule has 0 aromatic heterocycles. The smallest absolute Gasteiger partial charge is 0.276 e. The van der Waals surface area contributed by atoms with Crippen molar-refractivity contribution in [3.63, 3.8) is 0 Å². The van der Waals surface area contributed by atoms with Crippen LogP contribution < -0.4 is 15.6 Å². The van der Waals surface area contributed by atoms with E-state index in [1.54, 1.807) is 0 Å². The number of nitrogens with zero attached hydrogens (tertiary/aromatic N) is 1. The van der Waals surface area contributed by atoms with Crippen molar-refractivity contribution < 1.29 is 19.2 Å². The van der Waals surface area contributed by atoms with E-state index in [1.807, 2.05) is 32.0 Å². The van der Waals surface area contributed by atoms with Gasteiger partial charge in [0.05, 0.1) is 11.3 Å². The number of carbonyl (C=O) groups is 2. The van der Waals surface area contributed by atoms with Crippen LogP contribution in [0.2, 0.25) is 0 Å². The summed E-state index contributed by atoms with van der Waals surface area (Å²) < 4.78 is 5.44. The Morgan fingerprint density at radius 2 is 1.69 bits per heavy atom. The molecule has 0 saturated carbocycles. The number of ether oxygens (including phenoxy) is 1. The van der Waals surface area contributed by atoms with Crippen molar-refractivity contribution in [2.24, 2.45) is 0 Å². The number of aryl methyl sites for hydroxylation is 2. The molecule has 0 unspecified atom stereocenters. The van der Waals surface area contributed by atoms with Gasteiger partial charge in [-0.3, -0.25) is 30.6 Å². The molecule has 2 rings (SSSR count). The topological polar surface area (TPSA) is 111 Å². The molecule has 8 heteroatoms. The van der Waals surface area contributed by atoms with E-state index in [-0.39, 0.29) is 18.7 Å². The number of carbonyl (C=O) groups excluding carboxylic acids is 2. The number of non-ortho nitro benzene ring substituents is 1. The molecule has 0 aliphatic carbocycles. The average molecular weight is 357 g/mol. The highest BCUT2D eigenvalue weighted by Gasteiger charge is 2.09. The van der Waals surface area contributed by atoms with Crippen LogP contribution in [0.25, 0.3) is 0 Å². The first-order valence-electron chi connectivity index (χ1n) is 7.86. The summed E-state index contributed by atoms with van der Waals surface area (Å²) in [7, 11) is 0. The number of amides is 2. The Hall–Kier alpha value is -3.42. The second-order valence-electron chi connectivity index (χ2n) is 5.75. The van der Waals surface area contributed by atoms with Crippen LogP contribution in [0.4, 0.5) is 5.69 Å². The van der Waals surface area contributed by atoms with Gasteiger partial charge >= 0.3 is 0 Å². The summed E-state index contributed by atoms with van der Waals surface area (Å²) in [6.45, 7) is 3.56. The second kappa shape index (κ2) is 8.61. The van der Waals surface area contributed by atoms with Crippen LogP contribution in [0.15, 0.2) is 42.5 Å². The number of rotatable bonds is 6. The predicted octanol–water partition coefficient (Wildman–Crippen LogP) is 1.98. The lowest BCUT2D eigenvalue weighted by Crippen LogP contribution is -2.44. The number of nitrogens with one attached hydrogen (secondary N) is 2. The molecule has 0 atom stereocenters. The molecule has 136 valence electrons. The zero-order valence-corrected chi connectivity index (χ0v) is 14.4. The van der Waals surface area contributed by atoms with Crippen molar-refractivity contribution in [2.75, 3.05) is 6.61 Å². The Balaban J connectivity index is 1.76. The number of hydrogen-bond donors (Lipinski definition) is 2. The van der Waals surface area contributed by atoms with Gasteiger partial charge in [-0.1, -0.05) is 24.3 Å². The molecule has 0 aliphatic heterocycles. The quantitative estimate of drug-likeness (QED) is 0.607. The third kappa shape index (κ3) is 5.59. The molecule has 2 N–H and O–H groups in total. The standard InChI is InChI=1S/C18H19N3O5/c1-12-3-4-13(2)16(9-12)26-11-18(23)20-19-17(22)10-14-5-7-15(8-6-14)21(24)25/h3-9H,10-11H2,1-2H3,(H,19,22)(H,20,23). The Morgan fingerprint density at radius 3 is 2.35 bits per heavy atom. The maximum Gasteiger partial charge on any atom is 0.276 e. The van der Waals surface area contributed by atoms with Crippen molar-refractivity contribution in [1.29, 1.82) is 0 Å². The van der Waals surface area contributed by atoms with Gasteiger partial charge in [0.15, 0.2) is 6.61 Å². The highest BCUT2D eigenvalue weighted by Crippen LogP contribution is 2.18. The fourth-order valence-corrected chi connectivity index (χ4v) is 2.15. The first-order chi connectivity index (χ1) is 12.3. The van der Waals surface area contributed by atoms with Crippen molar-refractivity contribution >= 4 is 17.5 Å². The lowest BCUT2D eigenvalue weighted by atomic mass is 10.1. The van der Waals surface area contributed by atoms with Gasteiger partial charge < -0.3 is 4.74 Å². The summed E-state index contributed by atoms with van der Waals surface area (Å²) in [4.78, 5) is 33.6. The van der Waals surface area contributed by atoms with Gasteiger partial charge in [0.2, 0.25) is 5.91 Å². The average Bonchev–Trinajstić information content (AvgIpc) is 2.61. The Morgan fingerprint density at radius 1 is 1.04 bits per heavy atom. The minimum Gasteiger partial charge on any atom is -0.483 e. The maximum atomic E-state index is 11.8. The molecule has 0 spiro atoms. The molecule has 0 heterocycles. The minimum atomic E-state index is -0.514. The fraction of sp³-hybridized carbons (Fsp3) is 0.222. The van der Waals surface area contributed by atoms with Gasteiger partial charge in [0.1, 0.15) is 5.75 Å². The molecule has 2 aromatic carbocycles. The van der Waals surface area contributed by atoms with E-state index in [9.17, 15) is 19.7 Å². The van der Waals surface area contributed by atoms with E-state index < -0.39 is 16.7 Å². The van der Waals surface area contributed by atoms with Gasteiger partial charge in [-0.05, 0) is 36.6 Å². The Kier molecular flexibility index (Phi) is 6.26. The summed E-state index contributed by atoms with van der Waals surface area (Å²) in [5.74, 6) is -0.334. The van der Waals surface area contributed by atoms with Crippen LogP contribution in [0.3, 0.4) is 0 Å². The lowest BCUT2D eigenvalue weighted by Gasteiger charge is -2.11. The number of hydrogen-bond acceptors (Lipinski definition) is 5. The summed E-state index contributed by atoms with van der Waals surface area (Å²) in [5, 5.41) is 10.6. The molecule has 0 radical (unpaired) electrons. The first-order valence-corrected chi connectivity index (χ1v) is 7.86. The van der Waals surface area contributed by atoms with Gasteiger partial charge in [-0.15, -0.1) is 0 Å². The molecule has 2 amide bonds. The minimum absolute atomic E-state index is 0.0177. The zero-order chi connectivity index (χ0) is 19.1. The largest absolute Gasteiger partial charge is 0.483 e. The Labute approximate surface area is 150 Å². The van der Waals surface area contributed by atoms with E-state index >= 15 is 0 Å². The van der Waals surface area contributed by atoms with Crippen LogP contribution >= 0.6 is 0 Å². The van der Waals surface area contributed by atoms with E-state index in [4.69, 9.17) is 4.74 Å². The molecule has 8 nitrogen and oxygen atoms in total. The molecule has 0 fully saturated rings. The summed E-state index contributed by atoms with van der Waals surface area (Å²) in [6, 6.07) is 11.3. The summed E-state index contributed by atoms with van der Waals surface area (Å²) in [6.07, 6.45) is -0.0177. The SMILES string of the molecule is Cc1ccc(C)c(OCC(=O)NNC(=O)Cc2ccc([N+](=O)[O-])cc2)c1. The highest BCUT2D eigenvalue weighted by atomic mass is 16.6. The van der Waals surface area contributed by atoms with Crippen LogP contribution in [0.5, 0.6) is 5.75 Å². The van der Waals surface area contributed by atoms with E-state index in [0.717, 1.165) is 11.1 Å². The van der Waals surface area contributed by atoms with Crippen molar-refractivity contribution in [1.82, 2.24) is 10.9 Å². The lowest BCUT2D eigenvalue weighted by molar-refractivity contribution is -0.384. The van der Waals surface area contributed by atoms with Crippen LogP contribution in [0, 0.1) is 24.0 Å². The van der Waals surface area contributed by atoms with Crippen LogP contribution in [0.1, 0.15) is 16.7 Å². The fourth-order valence-electron chi connectivity index (χ4n) is 2.15. The summed E-state index contributed by atoms with van der Waals surface area (Å²) >= 11 is 0. The van der Waals surface area contributed by atoms with Crippen LogP contribution in [-0.2, 0) is 16.0 Å². The van der Waals surface area contributed by atoms with Crippen molar-refractivity contribution in [3.05, 3.63) is 69.3 Å². The van der Waals surface area contributed by atoms with Gasteiger partial charge in [0, 0.05) is 12.1 Å². The second-order valence-corrected chi connectivity index (χ2v) is 5.75. The summed E-state index contributed by atoms with van der Waals surface area (Å²) in [5.41, 5.74) is 7.01. The van der Waals surface area contributed by atoms with E-state index in [2.05, 4.69) is 10.9 Å². The van der Waals surface area contributed by atoms with E-state index in [0.29, 0.717) is 11.3 Å². The highest BCUT2D eigenvalue weighted by molar-refractivity contribution is 5.83. The molecule has 0 aliphatic rings. The third-order valence-corrected chi connectivity index (χ3v) is 3.56. The molecule has 2 aromatic rings. The van der Waals surface area contributed by atoms with Gasteiger partial charge in [-0.2, -0.15) is 0 Å². The van der Waals surface area contributed by atoms with Crippen molar-refractivity contribution in [2.45, 2.75) is 20.3 Å². The normalized spacial score (nSPS) is 10.1. The molecule has 26 heavy (non-hydrogen) atoms. The molecule has 0 bridgehead atoms. The van der Waals surface area contributed by atoms with Crippen LogP contribution in [-0.4, -0.2) is 23.3 Å². The predicted molar refractivity (Wildman–Crippen MR) is 94.5 cm³/mol. The van der Waals surface area contributed by atoms with Gasteiger partial charge in [0.25, 0.3) is 11.6 Å². The number of benzene rings is 2. The first kappa shape index (κ1) is 18.9. The zero-order valence-electron chi connectivity index (χ0n) is 14.4. The number of nitro groups is 1. The maximum absolute atomic E-state index is 11.8.